The first-order valence-corrected chi connectivity index (χ1v) is 4.92. The first-order valence-electron chi connectivity index (χ1n) is 4.92. The van der Waals surface area contributed by atoms with Crippen LogP contribution in [0.15, 0.2) is 42.2 Å². The lowest BCUT2D eigenvalue weighted by Gasteiger charge is -2.08. The molecule has 2 rings (SSSR count). The van der Waals surface area contributed by atoms with Crippen LogP contribution in [0.2, 0.25) is 0 Å². The molecule has 0 bridgehead atoms. The number of allylic oxidation sites excluding steroid dienone is 1. The molecular weight excluding hydrogens is 172 g/mol. The second-order valence-corrected chi connectivity index (χ2v) is 4.33. The van der Waals surface area contributed by atoms with Crippen LogP contribution in [0.1, 0.15) is 19.4 Å². The van der Waals surface area contributed by atoms with Crippen LogP contribution in [-0.4, -0.2) is 0 Å². The Balaban J connectivity index is 2.07. The molecule has 0 unspecified atom stereocenters. The summed E-state index contributed by atoms with van der Waals surface area (Å²) in [5, 5.41) is 0. The van der Waals surface area contributed by atoms with Crippen LogP contribution in [0.3, 0.4) is 0 Å². The second kappa shape index (κ2) is 3.49. The summed E-state index contributed by atoms with van der Waals surface area (Å²) >= 11 is 0. The van der Waals surface area contributed by atoms with E-state index in [1.165, 1.54) is 5.56 Å². The van der Waals surface area contributed by atoms with E-state index in [1.807, 2.05) is 12.7 Å². The van der Waals surface area contributed by atoms with Gasteiger partial charge in [0.05, 0.1) is 5.76 Å². The van der Waals surface area contributed by atoms with Crippen LogP contribution in [0.4, 0.5) is 0 Å². The number of hydrogen-bond acceptors (Lipinski definition) is 1. The summed E-state index contributed by atoms with van der Waals surface area (Å²) in [6, 6.07) is 10.4. The lowest BCUT2D eigenvalue weighted by molar-refractivity contribution is 0.260. The molecule has 73 valence electrons. The Kier molecular flexibility index (Phi) is 2.32. The Morgan fingerprint density at radius 2 is 1.86 bits per heavy atom. The van der Waals surface area contributed by atoms with Gasteiger partial charge in [-0.1, -0.05) is 44.2 Å². The first-order chi connectivity index (χ1) is 6.66. The fourth-order valence-corrected chi connectivity index (χ4v) is 1.60. The van der Waals surface area contributed by atoms with Crippen molar-refractivity contribution in [2.45, 2.75) is 20.3 Å². The Morgan fingerprint density at radius 3 is 2.43 bits per heavy atom. The summed E-state index contributed by atoms with van der Waals surface area (Å²) in [5.41, 5.74) is 1.38. The van der Waals surface area contributed by atoms with Gasteiger partial charge in [-0.3, -0.25) is 0 Å². The van der Waals surface area contributed by atoms with Crippen molar-refractivity contribution >= 4 is 0 Å². The number of ether oxygens (including phenoxy) is 1. The molecule has 0 fully saturated rings. The predicted octanol–water partition coefficient (Wildman–Crippen LogP) is 3.33. The summed E-state index contributed by atoms with van der Waals surface area (Å²) in [6.45, 7) is 6.18. The molecular formula is C13H15O. The van der Waals surface area contributed by atoms with Crippen molar-refractivity contribution in [1.82, 2.24) is 0 Å². The van der Waals surface area contributed by atoms with Gasteiger partial charge < -0.3 is 4.74 Å². The van der Waals surface area contributed by atoms with Crippen molar-refractivity contribution in [3.8, 4) is 0 Å². The zero-order valence-electron chi connectivity index (χ0n) is 8.66. The highest BCUT2D eigenvalue weighted by Gasteiger charge is 2.25. The fraction of sp³-hybridized carbons (Fsp3) is 0.308. The zero-order chi connectivity index (χ0) is 10.0. The van der Waals surface area contributed by atoms with E-state index < -0.39 is 0 Å². The standard InChI is InChI=1S/C13H15O/c1-13(2)9-12(14-10-13)8-11-6-4-3-5-7-11/h3-7,9-10H,8H2,1-2H3. The highest BCUT2D eigenvalue weighted by atomic mass is 16.5. The van der Waals surface area contributed by atoms with E-state index in [2.05, 4.69) is 44.2 Å². The van der Waals surface area contributed by atoms with Crippen molar-refractivity contribution in [2.24, 2.45) is 5.41 Å². The number of benzene rings is 1. The van der Waals surface area contributed by atoms with Gasteiger partial charge in [0.15, 0.2) is 0 Å². The molecule has 0 amide bonds. The van der Waals surface area contributed by atoms with Gasteiger partial charge in [0.25, 0.3) is 0 Å². The minimum atomic E-state index is 0.0874. The number of rotatable bonds is 2. The molecule has 0 N–H and O–H groups in total. The minimum absolute atomic E-state index is 0.0874. The average Bonchev–Trinajstić information content (AvgIpc) is 2.47. The average molecular weight is 187 g/mol. The molecule has 1 heteroatoms. The van der Waals surface area contributed by atoms with E-state index in [-0.39, 0.29) is 5.41 Å². The van der Waals surface area contributed by atoms with E-state index in [0.717, 1.165) is 12.2 Å². The molecule has 0 atom stereocenters. The number of hydrogen-bond donors (Lipinski definition) is 0. The molecule has 1 radical (unpaired) electrons. The Bertz CT molecular complexity index is 336. The lowest BCUT2D eigenvalue weighted by Crippen LogP contribution is -2.02. The summed E-state index contributed by atoms with van der Waals surface area (Å²) in [6.07, 6.45) is 3.07. The zero-order valence-corrected chi connectivity index (χ0v) is 8.66. The van der Waals surface area contributed by atoms with Crippen LogP contribution >= 0.6 is 0 Å². The maximum Gasteiger partial charge on any atom is 0.144 e. The topological polar surface area (TPSA) is 9.23 Å². The molecule has 1 nitrogen and oxygen atoms in total. The largest absolute Gasteiger partial charge is 0.490 e. The fourth-order valence-electron chi connectivity index (χ4n) is 1.60. The van der Waals surface area contributed by atoms with Crippen LogP contribution in [0, 0.1) is 12.0 Å². The van der Waals surface area contributed by atoms with E-state index in [4.69, 9.17) is 4.74 Å². The van der Waals surface area contributed by atoms with Crippen LogP contribution in [-0.2, 0) is 11.2 Å². The summed E-state index contributed by atoms with van der Waals surface area (Å²) in [5.74, 6) is 1.06. The highest BCUT2D eigenvalue weighted by Crippen LogP contribution is 2.32. The van der Waals surface area contributed by atoms with Gasteiger partial charge >= 0.3 is 0 Å². The Labute approximate surface area is 85.4 Å². The SMILES string of the molecule is CC1(C)[CH]OC(Cc2ccccc2)=C1. The summed E-state index contributed by atoms with van der Waals surface area (Å²) < 4.78 is 5.51. The molecule has 14 heavy (non-hydrogen) atoms. The van der Waals surface area contributed by atoms with E-state index >= 15 is 0 Å². The maximum atomic E-state index is 5.51. The van der Waals surface area contributed by atoms with Crippen molar-refractivity contribution in [2.75, 3.05) is 0 Å². The molecule has 0 aromatic heterocycles. The summed E-state index contributed by atoms with van der Waals surface area (Å²) in [7, 11) is 0. The molecule has 1 aliphatic rings. The van der Waals surface area contributed by atoms with Gasteiger partial charge in [-0.25, -0.2) is 0 Å². The summed E-state index contributed by atoms with van der Waals surface area (Å²) in [4.78, 5) is 0. The van der Waals surface area contributed by atoms with E-state index in [1.54, 1.807) is 0 Å². The maximum absolute atomic E-state index is 5.51. The van der Waals surface area contributed by atoms with Crippen LogP contribution in [0.5, 0.6) is 0 Å². The minimum Gasteiger partial charge on any atom is -0.490 e. The second-order valence-electron chi connectivity index (χ2n) is 4.33. The van der Waals surface area contributed by atoms with Crippen molar-refractivity contribution in [3.63, 3.8) is 0 Å². The monoisotopic (exact) mass is 187 g/mol. The van der Waals surface area contributed by atoms with E-state index in [9.17, 15) is 0 Å². The molecule has 0 saturated heterocycles. The van der Waals surface area contributed by atoms with Crippen molar-refractivity contribution < 1.29 is 4.74 Å². The highest BCUT2D eigenvalue weighted by molar-refractivity contribution is 5.23. The van der Waals surface area contributed by atoms with E-state index in [0.29, 0.717) is 0 Å². The quantitative estimate of drug-likeness (QED) is 0.690. The normalized spacial score (nSPS) is 18.9. The van der Waals surface area contributed by atoms with Crippen LogP contribution < -0.4 is 0 Å². The molecule has 1 aliphatic heterocycles. The van der Waals surface area contributed by atoms with Crippen LogP contribution in [0.25, 0.3) is 0 Å². The van der Waals surface area contributed by atoms with Gasteiger partial charge in [-0.15, -0.1) is 0 Å². The smallest absolute Gasteiger partial charge is 0.144 e. The van der Waals surface area contributed by atoms with Gasteiger partial charge in [0, 0.05) is 11.8 Å². The predicted molar refractivity (Wildman–Crippen MR) is 57.4 cm³/mol. The van der Waals surface area contributed by atoms with Gasteiger partial charge in [0.2, 0.25) is 0 Å². The molecule has 1 aromatic carbocycles. The third-order valence-corrected chi connectivity index (χ3v) is 2.27. The molecule has 1 aromatic rings. The third kappa shape index (κ3) is 2.16. The lowest BCUT2D eigenvalue weighted by atomic mass is 9.95. The molecule has 0 aliphatic carbocycles. The van der Waals surface area contributed by atoms with Gasteiger partial charge in [0.1, 0.15) is 6.61 Å². The van der Waals surface area contributed by atoms with Crippen molar-refractivity contribution in [3.05, 3.63) is 54.3 Å². The molecule has 0 saturated carbocycles. The molecule has 1 heterocycles. The van der Waals surface area contributed by atoms with Crippen molar-refractivity contribution in [1.29, 1.82) is 0 Å². The van der Waals surface area contributed by atoms with Gasteiger partial charge in [-0.2, -0.15) is 0 Å². The molecule has 0 spiro atoms. The Hall–Kier alpha value is -1.24. The van der Waals surface area contributed by atoms with Gasteiger partial charge in [-0.05, 0) is 11.6 Å². The third-order valence-electron chi connectivity index (χ3n) is 2.27. The first kappa shape index (κ1) is 9.32. The Morgan fingerprint density at radius 1 is 1.14 bits per heavy atom.